The fourth-order valence-electron chi connectivity index (χ4n) is 2.61. The number of hydrogen-bond acceptors (Lipinski definition) is 3. The number of hydroxylamine groups is 2. The predicted octanol–water partition coefficient (Wildman–Crippen LogP) is 4.31. The third kappa shape index (κ3) is 4.07. The van der Waals surface area contributed by atoms with E-state index in [4.69, 9.17) is 4.84 Å². The lowest BCUT2D eigenvalue weighted by Crippen LogP contribution is -2.46. The summed E-state index contributed by atoms with van der Waals surface area (Å²) in [6.07, 6.45) is 2.14. The summed E-state index contributed by atoms with van der Waals surface area (Å²) in [7, 11) is 0. The molecule has 1 aliphatic rings. The second-order valence-corrected chi connectivity index (χ2v) is 8.08. The van der Waals surface area contributed by atoms with Crippen molar-refractivity contribution in [2.75, 3.05) is 13.1 Å². The summed E-state index contributed by atoms with van der Waals surface area (Å²) in [5.74, 6) is -0.164. The summed E-state index contributed by atoms with van der Waals surface area (Å²) in [6.45, 7) is 9.45. The second-order valence-electron chi connectivity index (χ2n) is 7.16. The summed E-state index contributed by atoms with van der Waals surface area (Å²) in [5.41, 5.74) is 0.852. The van der Waals surface area contributed by atoms with E-state index in [1.165, 1.54) is 5.56 Å². The van der Waals surface area contributed by atoms with Gasteiger partial charge in [0.25, 0.3) is 0 Å². The van der Waals surface area contributed by atoms with Crippen molar-refractivity contribution in [3.63, 3.8) is 0 Å². The van der Waals surface area contributed by atoms with Crippen LogP contribution in [0.15, 0.2) is 28.7 Å². The molecular formula is C17H24BrNO2. The highest BCUT2D eigenvalue weighted by Gasteiger charge is 2.35. The number of hydrogen-bond donors (Lipinski definition) is 0. The lowest BCUT2D eigenvalue weighted by Gasteiger charge is -2.40. The van der Waals surface area contributed by atoms with Gasteiger partial charge in [-0.05, 0) is 51.3 Å². The van der Waals surface area contributed by atoms with Crippen LogP contribution in [0.25, 0.3) is 0 Å². The van der Waals surface area contributed by atoms with Gasteiger partial charge in [-0.3, -0.25) is 0 Å². The van der Waals surface area contributed by atoms with E-state index in [0.29, 0.717) is 0 Å². The van der Waals surface area contributed by atoms with Crippen LogP contribution in [0.1, 0.15) is 46.1 Å². The molecule has 0 aliphatic carbocycles. The fourth-order valence-corrected chi connectivity index (χ4v) is 2.88. The van der Waals surface area contributed by atoms with E-state index in [-0.39, 0.29) is 11.4 Å². The zero-order valence-corrected chi connectivity index (χ0v) is 14.9. The maximum absolute atomic E-state index is 12.1. The molecule has 1 unspecified atom stereocenters. The summed E-state index contributed by atoms with van der Waals surface area (Å²) in [4.78, 5) is 17.6. The zero-order chi connectivity index (χ0) is 15.7. The highest BCUT2D eigenvalue weighted by Crippen LogP contribution is 2.34. The van der Waals surface area contributed by atoms with Gasteiger partial charge in [0, 0.05) is 23.0 Å². The topological polar surface area (TPSA) is 29.5 Å². The number of rotatable bonds is 2. The van der Waals surface area contributed by atoms with E-state index in [1.807, 2.05) is 25.8 Å². The molecule has 1 aromatic rings. The molecule has 0 bridgehead atoms. The van der Waals surface area contributed by atoms with Gasteiger partial charge in [-0.1, -0.05) is 35.0 Å². The molecule has 1 saturated heterocycles. The standard InChI is InChI=1S/C17H24BrNO2/c1-16(2,3)15(20)21-19-11-5-10-17(4,12-19)13-6-8-14(18)9-7-13/h6-9H,5,10-12H2,1-4H3. The van der Waals surface area contributed by atoms with Crippen LogP contribution in [-0.4, -0.2) is 24.1 Å². The average Bonchev–Trinajstić information content (AvgIpc) is 2.38. The molecule has 0 N–H and O–H groups in total. The van der Waals surface area contributed by atoms with E-state index >= 15 is 0 Å². The Balaban J connectivity index is 2.09. The van der Waals surface area contributed by atoms with Gasteiger partial charge in [0.1, 0.15) is 0 Å². The molecule has 0 spiro atoms. The Hall–Kier alpha value is -0.870. The Bertz CT molecular complexity index is 507. The van der Waals surface area contributed by atoms with Crippen LogP contribution in [-0.2, 0) is 15.0 Å². The zero-order valence-electron chi connectivity index (χ0n) is 13.3. The molecule has 0 saturated carbocycles. The van der Waals surface area contributed by atoms with E-state index in [1.54, 1.807) is 0 Å². The van der Waals surface area contributed by atoms with E-state index < -0.39 is 5.41 Å². The van der Waals surface area contributed by atoms with Gasteiger partial charge >= 0.3 is 5.97 Å². The van der Waals surface area contributed by atoms with Crippen molar-refractivity contribution in [3.8, 4) is 0 Å². The van der Waals surface area contributed by atoms with Gasteiger partial charge in [0.2, 0.25) is 0 Å². The minimum absolute atomic E-state index is 0.0249. The van der Waals surface area contributed by atoms with Gasteiger partial charge in [-0.2, -0.15) is 0 Å². The van der Waals surface area contributed by atoms with Crippen molar-refractivity contribution in [2.24, 2.45) is 5.41 Å². The molecule has 1 heterocycles. The maximum atomic E-state index is 12.1. The first-order chi connectivity index (χ1) is 9.71. The minimum atomic E-state index is -0.467. The Morgan fingerprint density at radius 3 is 2.48 bits per heavy atom. The molecule has 1 aliphatic heterocycles. The third-order valence-electron chi connectivity index (χ3n) is 4.03. The van der Waals surface area contributed by atoms with Gasteiger partial charge < -0.3 is 4.84 Å². The van der Waals surface area contributed by atoms with Crippen molar-refractivity contribution in [1.82, 2.24) is 5.06 Å². The van der Waals surface area contributed by atoms with Crippen LogP contribution in [0.5, 0.6) is 0 Å². The van der Waals surface area contributed by atoms with Crippen LogP contribution in [0.3, 0.4) is 0 Å². The van der Waals surface area contributed by atoms with Crippen LogP contribution in [0, 0.1) is 5.41 Å². The SMILES string of the molecule is CC(C)(C)C(=O)ON1CCCC(C)(c2ccc(Br)cc2)C1. The highest BCUT2D eigenvalue weighted by atomic mass is 79.9. The van der Waals surface area contributed by atoms with Crippen LogP contribution in [0.2, 0.25) is 0 Å². The van der Waals surface area contributed by atoms with Crippen molar-refractivity contribution in [2.45, 2.75) is 46.0 Å². The normalized spacial score (nSPS) is 23.9. The van der Waals surface area contributed by atoms with E-state index in [2.05, 4.69) is 47.1 Å². The minimum Gasteiger partial charge on any atom is -0.367 e. The van der Waals surface area contributed by atoms with Gasteiger partial charge in [-0.25, -0.2) is 4.79 Å². The molecule has 0 amide bonds. The Labute approximate surface area is 135 Å². The van der Waals surface area contributed by atoms with Crippen molar-refractivity contribution in [1.29, 1.82) is 0 Å². The lowest BCUT2D eigenvalue weighted by atomic mass is 9.76. The molecule has 3 nitrogen and oxygen atoms in total. The summed E-state index contributed by atoms with van der Waals surface area (Å²) in [6, 6.07) is 8.44. The number of halogens is 1. The molecule has 0 radical (unpaired) electrons. The fraction of sp³-hybridized carbons (Fsp3) is 0.588. The number of nitrogens with zero attached hydrogens (tertiary/aromatic N) is 1. The average molecular weight is 354 g/mol. The summed E-state index contributed by atoms with van der Waals surface area (Å²) >= 11 is 3.47. The van der Waals surface area contributed by atoms with Crippen molar-refractivity contribution in [3.05, 3.63) is 34.3 Å². The molecule has 4 heteroatoms. The van der Waals surface area contributed by atoms with Crippen molar-refractivity contribution < 1.29 is 9.63 Å². The summed E-state index contributed by atoms with van der Waals surface area (Å²) < 4.78 is 1.08. The third-order valence-corrected chi connectivity index (χ3v) is 4.56. The molecule has 1 fully saturated rings. The van der Waals surface area contributed by atoms with E-state index in [0.717, 1.165) is 30.4 Å². The monoisotopic (exact) mass is 353 g/mol. The van der Waals surface area contributed by atoms with Gasteiger partial charge in [0.15, 0.2) is 0 Å². The molecule has 1 aromatic carbocycles. The largest absolute Gasteiger partial charge is 0.367 e. The Kier molecular flexibility index (Phi) is 4.79. The molecule has 2 rings (SSSR count). The smallest absolute Gasteiger partial charge is 0.330 e. The van der Waals surface area contributed by atoms with Gasteiger partial charge in [0.05, 0.1) is 5.41 Å². The first-order valence-electron chi connectivity index (χ1n) is 7.44. The van der Waals surface area contributed by atoms with Crippen molar-refractivity contribution >= 4 is 21.9 Å². The van der Waals surface area contributed by atoms with Crippen LogP contribution >= 0.6 is 15.9 Å². The van der Waals surface area contributed by atoms with E-state index in [9.17, 15) is 4.79 Å². The molecule has 1 atom stereocenters. The first-order valence-corrected chi connectivity index (χ1v) is 8.23. The number of carbonyl (C=O) groups excluding carboxylic acids is 1. The molecule has 21 heavy (non-hydrogen) atoms. The molecule has 0 aromatic heterocycles. The maximum Gasteiger partial charge on any atom is 0.330 e. The number of piperidine rings is 1. The molecule has 116 valence electrons. The van der Waals surface area contributed by atoms with Gasteiger partial charge in [-0.15, -0.1) is 5.06 Å². The summed E-state index contributed by atoms with van der Waals surface area (Å²) in [5, 5.41) is 1.83. The second kappa shape index (κ2) is 6.09. The number of carbonyl (C=O) groups is 1. The first kappa shape index (κ1) is 16.5. The Morgan fingerprint density at radius 1 is 1.29 bits per heavy atom. The quantitative estimate of drug-likeness (QED) is 0.793. The predicted molar refractivity (Wildman–Crippen MR) is 87.8 cm³/mol. The Morgan fingerprint density at radius 2 is 1.90 bits per heavy atom. The molecular weight excluding hydrogens is 330 g/mol. The highest BCUT2D eigenvalue weighted by molar-refractivity contribution is 9.10. The van der Waals surface area contributed by atoms with Crippen LogP contribution < -0.4 is 0 Å². The number of benzene rings is 1. The lowest BCUT2D eigenvalue weighted by molar-refractivity contribution is -0.208. The van der Waals surface area contributed by atoms with Crippen LogP contribution in [0.4, 0.5) is 0 Å².